The van der Waals surface area contributed by atoms with E-state index >= 15 is 0 Å². The number of fused-ring (bicyclic) bond motifs is 1. The lowest BCUT2D eigenvalue weighted by Gasteiger charge is -2.31. The summed E-state index contributed by atoms with van der Waals surface area (Å²) in [7, 11) is 0. The maximum Gasteiger partial charge on any atom is 0.422 e. The molecule has 2 aromatic rings. The Bertz CT molecular complexity index is 1910. The Kier molecular flexibility index (Phi) is 18.9. The van der Waals surface area contributed by atoms with Gasteiger partial charge in [-0.2, -0.15) is 13.2 Å². The molecule has 4 rings (SSSR count). The van der Waals surface area contributed by atoms with E-state index in [2.05, 4.69) is 29.2 Å². The first kappa shape index (κ1) is 50.6. The van der Waals surface area contributed by atoms with E-state index in [0.29, 0.717) is 29.5 Å². The van der Waals surface area contributed by atoms with Gasteiger partial charge in [0.05, 0.1) is 18.2 Å². The number of halogens is 3. The Morgan fingerprint density at radius 1 is 0.921 bits per heavy atom. The second kappa shape index (κ2) is 23.6. The lowest BCUT2D eigenvalue weighted by atomic mass is 9.91. The standard InChI is InChI=1S/C47H61F3N2O11/c1-6-8-10-23-46(24-11-9-7-2)61-38-27-35(26-37(41(38)63-46)60-44(58)33-18-15-31(16-19-33)17-21-39(54)59-30-47(48,49)50)42(56)51-28-32-13-12-14-34(25-32)43(57)52-36(29-53)20-22-40(55)62-45(3,4)5/h12-19,21,25,27,36-38,41,53H,6-11,20,22-24,26,28-30H2,1-5H3,(H,51,56)(H,52,57). The second-order valence-corrected chi connectivity index (χ2v) is 16.9. The number of aliphatic hydroxyl groups is 1. The lowest BCUT2D eigenvalue weighted by molar-refractivity contribution is -0.190. The predicted octanol–water partition coefficient (Wildman–Crippen LogP) is 7.83. The van der Waals surface area contributed by atoms with Gasteiger partial charge in [-0.05, 0) is 87.6 Å². The summed E-state index contributed by atoms with van der Waals surface area (Å²) in [4.78, 5) is 64.5. The van der Waals surface area contributed by atoms with Crippen molar-refractivity contribution in [1.29, 1.82) is 0 Å². The van der Waals surface area contributed by atoms with Crippen molar-refractivity contribution in [2.24, 2.45) is 0 Å². The highest BCUT2D eigenvalue weighted by molar-refractivity contribution is 5.95. The highest BCUT2D eigenvalue weighted by Gasteiger charge is 2.52. The minimum Gasteiger partial charge on any atom is -0.460 e. The topological polar surface area (TPSA) is 176 Å². The van der Waals surface area contributed by atoms with Crippen molar-refractivity contribution in [1.82, 2.24) is 10.6 Å². The number of esters is 3. The fourth-order valence-electron chi connectivity index (χ4n) is 7.18. The summed E-state index contributed by atoms with van der Waals surface area (Å²) in [6.07, 6.45) is 3.93. The summed E-state index contributed by atoms with van der Waals surface area (Å²) >= 11 is 0. The molecule has 2 amide bonds. The zero-order chi connectivity index (χ0) is 46.2. The van der Waals surface area contributed by atoms with Crippen molar-refractivity contribution < 1.29 is 65.9 Å². The van der Waals surface area contributed by atoms with Crippen LogP contribution in [0.1, 0.15) is 137 Å². The quantitative estimate of drug-likeness (QED) is 0.0455. The summed E-state index contributed by atoms with van der Waals surface area (Å²) in [6, 6.07) is 11.8. The molecule has 0 spiro atoms. The molecule has 1 aliphatic heterocycles. The molecular weight excluding hydrogens is 826 g/mol. The molecule has 2 aromatic carbocycles. The number of ether oxygens (including phenoxy) is 5. The monoisotopic (exact) mass is 886 g/mol. The fourth-order valence-corrected chi connectivity index (χ4v) is 7.18. The zero-order valence-electron chi connectivity index (χ0n) is 36.7. The van der Waals surface area contributed by atoms with E-state index in [0.717, 1.165) is 44.6 Å². The van der Waals surface area contributed by atoms with Gasteiger partial charge in [0.2, 0.25) is 5.91 Å². The smallest absolute Gasteiger partial charge is 0.422 e. The van der Waals surface area contributed by atoms with Crippen LogP contribution in [0.4, 0.5) is 13.2 Å². The average molecular weight is 887 g/mol. The van der Waals surface area contributed by atoms with Gasteiger partial charge in [0.1, 0.15) is 23.9 Å². The first-order valence-electron chi connectivity index (χ1n) is 21.6. The minimum atomic E-state index is -4.65. The average Bonchev–Trinajstić information content (AvgIpc) is 3.61. The lowest BCUT2D eigenvalue weighted by Crippen LogP contribution is -2.43. The maximum atomic E-state index is 13.8. The third kappa shape index (κ3) is 16.9. The number of rotatable bonds is 22. The van der Waals surface area contributed by atoms with Crippen LogP contribution in [0.15, 0.2) is 66.3 Å². The molecule has 63 heavy (non-hydrogen) atoms. The van der Waals surface area contributed by atoms with E-state index in [4.69, 9.17) is 18.9 Å². The molecule has 4 unspecified atom stereocenters. The molecule has 1 saturated heterocycles. The molecule has 1 heterocycles. The number of aliphatic hydroxyl groups excluding tert-OH is 1. The summed E-state index contributed by atoms with van der Waals surface area (Å²) in [5.74, 6) is -4.16. The summed E-state index contributed by atoms with van der Waals surface area (Å²) < 4.78 is 66.1. The van der Waals surface area contributed by atoms with Gasteiger partial charge in [0, 0.05) is 49.4 Å². The minimum absolute atomic E-state index is 0.00903. The summed E-state index contributed by atoms with van der Waals surface area (Å²) in [5, 5.41) is 15.5. The van der Waals surface area contributed by atoms with Crippen LogP contribution in [-0.4, -0.2) is 90.0 Å². The van der Waals surface area contributed by atoms with Gasteiger partial charge in [-0.15, -0.1) is 0 Å². The third-order valence-electron chi connectivity index (χ3n) is 10.3. The number of hydrogen-bond acceptors (Lipinski definition) is 11. The normalized spacial score (nSPS) is 18.8. The summed E-state index contributed by atoms with van der Waals surface area (Å²) in [5.41, 5.74) is 1.13. The van der Waals surface area contributed by atoms with Gasteiger partial charge in [0.25, 0.3) is 5.91 Å². The van der Waals surface area contributed by atoms with Crippen molar-refractivity contribution in [3.05, 3.63) is 88.5 Å². The van der Waals surface area contributed by atoms with Gasteiger partial charge < -0.3 is 39.4 Å². The van der Waals surface area contributed by atoms with E-state index in [9.17, 15) is 42.3 Å². The largest absolute Gasteiger partial charge is 0.460 e. The molecule has 1 aliphatic carbocycles. The molecule has 0 saturated carbocycles. The van der Waals surface area contributed by atoms with Crippen molar-refractivity contribution in [3.63, 3.8) is 0 Å². The van der Waals surface area contributed by atoms with Crippen LogP contribution in [0.2, 0.25) is 0 Å². The molecular formula is C47H61F3N2O11. The predicted molar refractivity (Wildman–Crippen MR) is 227 cm³/mol. The zero-order valence-corrected chi connectivity index (χ0v) is 36.7. The Morgan fingerprint density at radius 3 is 2.22 bits per heavy atom. The number of nitrogens with one attached hydrogen (secondary N) is 2. The molecule has 0 radical (unpaired) electrons. The van der Waals surface area contributed by atoms with Crippen LogP contribution < -0.4 is 10.6 Å². The molecule has 346 valence electrons. The fraction of sp³-hybridized carbons (Fsp3) is 0.553. The van der Waals surface area contributed by atoms with Crippen LogP contribution >= 0.6 is 0 Å². The number of amides is 2. The molecule has 4 atom stereocenters. The van der Waals surface area contributed by atoms with Crippen LogP contribution in [-0.2, 0) is 44.6 Å². The van der Waals surface area contributed by atoms with Crippen molar-refractivity contribution >= 4 is 35.8 Å². The van der Waals surface area contributed by atoms with Gasteiger partial charge in [-0.3, -0.25) is 14.4 Å². The Morgan fingerprint density at radius 2 is 1.60 bits per heavy atom. The number of carbonyl (C=O) groups is 5. The van der Waals surface area contributed by atoms with E-state index in [1.807, 2.05) is 0 Å². The number of unbranched alkanes of at least 4 members (excludes halogenated alkanes) is 4. The third-order valence-corrected chi connectivity index (χ3v) is 10.3. The highest BCUT2D eigenvalue weighted by atomic mass is 19.4. The number of alkyl halides is 3. The van der Waals surface area contributed by atoms with Crippen LogP contribution in [0, 0.1) is 0 Å². The first-order valence-corrected chi connectivity index (χ1v) is 21.6. The van der Waals surface area contributed by atoms with Gasteiger partial charge in [-0.1, -0.05) is 63.8 Å². The van der Waals surface area contributed by atoms with Crippen LogP contribution in [0.3, 0.4) is 0 Å². The number of carbonyl (C=O) groups excluding carboxylic acids is 5. The molecule has 0 aromatic heterocycles. The molecule has 3 N–H and O–H groups in total. The van der Waals surface area contributed by atoms with Crippen molar-refractivity contribution in [2.75, 3.05) is 13.2 Å². The number of hydrogen-bond donors (Lipinski definition) is 3. The van der Waals surface area contributed by atoms with Crippen molar-refractivity contribution in [3.8, 4) is 0 Å². The van der Waals surface area contributed by atoms with Crippen molar-refractivity contribution in [2.45, 2.75) is 154 Å². The Hall–Kier alpha value is -5.06. The van der Waals surface area contributed by atoms with E-state index in [1.165, 1.54) is 30.3 Å². The van der Waals surface area contributed by atoms with E-state index in [-0.39, 0.29) is 43.5 Å². The maximum absolute atomic E-state index is 13.8. The molecule has 16 heteroatoms. The second-order valence-electron chi connectivity index (χ2n) is 16.9. The number of benzene rings is 2. The molecule has 13 nitrogen and oxygen atoms in total. The summed E-state index contributed by atoms with van der Waals surface area (Å²) in [6.45, 7) is 7.43. The highest BCUT2D eigenvalue weighted by Crippen LogP contribution is 2.43. The van der Waals surface area contributed by atoms with E-state index in [1.54, 1.807) is 51.1 Å². The van der Waals surface area contributed by atoms with Gasteiger partial charge >= 0.3 is 24.1 Å². The molecule has 0 bridgehead atoms. The van der Waals surface area contributed by atoms with Gasteiger partial charge in [-0.25, -0.2) is 9.59 Å². The SMILES string of the molecule is CCCCCC1(CCCCC)OC2C=C(C(=O)NCc3cccc(C(=O)NC(CO)CCC(=O)OC(C)(C)C)c3)CC(OC(=O)c3ccc(C=CC(=O)OCC(F)(F)F)cc3)C2O1. The first-order chi connectivity index (χ1) is 29.8. The molecule has 1 fully saturated rings. The van der Waals surface area contributed by atoms with E-state index < -0.39 is 78.2 Å². The van der Waals surface area contributed by atoms with Gasteiger partial charge in [0.15, 0.2) is 12.4 Å². The Balaban J connectivity index is 1.47. The van der Waals surface area contributed by atoms with Crippen LogP contribution in [0.25, 0.3) is 6.08 Å². The molecule has 2 aliphatic rings. The Labute approximate surface area is 367 Å². The van der Waals surface area contributed by atoms with Crippen LogP contribution in [0.5, 0.6) is 0 Å².